The Kier molecular flexibility index (Phi) is 4.71. The van der Waals surface area contributed by atoms with Gasteiger partial charge in [-0.1, -0.05) is 25.7 Å². The Labute approximate surface area is 113 Å². The molecule has 1 heterocycles. The predicted octanol–water partition coefficient (Wildman–Crippen LogP) is 2.65. The summed E-state index contributed by atoms with van der Waals surface area (Å²) in [6, 6.07) is 0. The highest BCUT2D eigenvalue weighted by Gasteiger charge is 2.26. The summed E-state index contributed by atoms with van der Waals surface area (Å²) >= 11 is 0. The summed E-state index contributed by atoms with van der Waals surface area (Å²) in [6.07, 6.45) is 8.01. The van der Waals surface area contributed by atoms with E-state index in [4.69, 9.17) is 9.47 Å². The zero-order valence-electron chi connectivity index (χ0n) is 11.5. The Bertz CT molecular complexity index is 440. The molecule has 5 heteroatoms. The first-order chi connectivity index (χ1) is 9.26. The average Bonchev–Trinajstić information content (AvgIpc) is 2.74. The summed E-state index contributed by atoms with van der Waals surface area (Å²) in [5, 5.41) is 0. The number of methoxy groups -OCH3 is 2. The first kappa shape index (κ1) is 13.8. The Balaban J connectivity index is 2.21. The average molecular weight is 264 g/mol. The highest BCUT2D eigenvalue weighted by Crippen LogP contribution is 2.28. The quantitative estimate of drug-likeness (QED) is 0.618. The smallest absolute Gasteiger partial charge is 0.246 e. The molecule has 0 saturated heterocycles. The molecular weight excluding hydrogens is 244 g/mol. The maximum Gasteiger partial charge on any atom is 0.246 e. The van der Waals surface area contributed by atoms with Crippen LogP contribution < -0.4 is 9.47 Å². The second-order valence-corrected chi connectivity index (χ2v) is 4.82. The van der Waals surface area contributed by atoms with Gasteiger partial charge in [0.05, 0.1) is 20.4 Å². The number of Topliss-reactive ketones (excluding diaryl/α,β-unsaturated/α-hetero) is 1. The molecule has 1 saturated carbocycles. The van der Waals surface area contributed by atoms with Crippen LogP contribution in [0.25, 0.3) is 0 Å². The molecule has 0 unspecified atom stereocenters. The van der Waals surface area contributed by atoms with E-state index in [-0.39, 0.29) is 17.6 Å². The predicted molar refractivity (Wildman–Crippen MR) is 70.7 cm³/mol. The van der Waals surface area contributed by atoms with Crippen molar-refractivity contribution in [2.75, 3.05) is 14.2 Å². The van der Waals surface area contributed by atoms with Crippen LogP contribution >= 0.6 is 0 Å². The summed E-state index contributed by atoms with van der Waals surface area (Å²) in [4.78, 5) is 20.8. The van der Waals surface area contributed by atoms with Gasteiger partial charge in [0.1, 0.15) is 0 Å². The molecule has 2 rings (SSSR count). The summed E-state index contributed by atoms with van der Waals surface area (Å²) in [7, 11) is 3.00. The monoisotopic (exact) mass is 264 g/mol. The third kappa shape index (κ3) is 3.22. The number of hydrogen-bond donors (Lipinski definition) is 0. The topological polar surface area (TPSA) is 61.3 Å². The minimum Gasteiger partial charge on any atom is -0.480 e. The number of rotatable bonds is 4. The van der Waals surface area contributed by atoms with Crippen LogP contribution in [0.5, 0.6) is 11.8 Å². The van der Waals surface area contributed by atoms with Gasteiger partial charge in [0.25, 0.3) is 0 Å². The normalized spacial score (nSPS) is 16.7. The van der Waals surface area contributed by atoms with Gasteiger partial charge in [-0.25, -0.2) is 4.98 Å². The van der Waals surface area contributed by atoms with Crippen molar-refractivity contribution in [3.05, 3.63) is 11.9 Å². The molecular formula is C14H20N2O3. The lowest BCUT2D eigenvalue weighted by molar-refractivity contribution is 0.0898. The van der Waals surface area contributed by atoms with Gasteiger partial charge in [0, 0.05) is 5.92 Å². The third-order valence-corrected chi connectivity index (χ3v) is 3.58. The van der Waals surface area contributed by atoms with Crippen LogP contribution in [0.2, 0.25) is 0 Å². The lowest BCUT2D eigenvalue weighted by Gasteiger charge is -2.13. The van der Waals surface area contributed by atoms with E-state index in [1.165, 1.54) is 33.3 Å². The molecule has 1 aliphatic carbocycles. The standard InChI is InChI=1S/C14H20N2O3/c1-18-11-9-15-12(14(16-11)19-2)13(17)10-7-5-3-4-6-8-10/h9-10H,3-8H2,1-2H3. The Morgan fingerprint density at radius 1 is 1.16 bits per heavy atom. The van der Waals surface area contributed by atoms with Crippen LogP contribution in [0, 0.1) is 5.92 Å². The highest BCUT2D eigenvalue weighted by atomic mass is 16.5. The maximum absolute atomic E-state index is 12.5. The van der Waals surface area contributed by atoms with Crippen LogP contribution in [0.1, 0.15) is 49.0 Å². The zero-order chi connectivity index (χ0) is 13.7. The van der Waals surface area contributed by atoms with E-state index in [0.29, 0.717) is 11.6 Å². The Morgan fingerprint density at radius 2 is 1.84 bits per heavy atom. The van der Waals surface area contributed by atoms with Crippen molar-refractivity contribution in [1.82, 2.24) is 9.97 Å². The van der Waals surface area contributed by atoms with E-state index in [1.54, 1.807) is 0 Å². The van der Waals surface area contributed by atoms with E-state index in [0.717, 1.165) is 25.7 Å². The van der Waals surface area contributed by atoms with E-state index < -0.39 is 0 Å². The van der Waals surface area contributed by atoms with Crippen molar-refractivity contribution < 1.29 is 14.3 Å². The fourth-order valence-corrected chi connectivity index (χ4v) is 2.50. The molecule has 19 heavy (non-hydrogen) atoms. The molecule has 104 valence electrons. The van der Waals surface area contributed by atoms with E-state index in [2.05, 4.69) is 9.97 Å². The zero-order valence-corrected chi connectivity index (χ0v) is 11.5. The Morgan fingerprint density at radius 3 is 2.42 bits per heavy atom. The molecule has 0 aromatic carbocycles. The largest absolute Gasteiger partial charge is 0.480 e. The number of nitrogens with zero attached hydrogens (tertiary/aromatic N) is 2. The third-order valence-electron chi connectivity index (χ3n) is 3.58. The van der Waals surface area contributed by atoms with Crippen LogP contribution in [-0.4, -0.2) is 30.0 Å². The molecule has 0 atom stereocenters. The molecule has 0 bridgehead atoms. The molecule has 1 aromatic rings. The number of ketones is 1. The van der Waals surface area contributed by atoms with Crippen molar-refractivity contribution in [3.8, 4) is 11.8 Å². The van der Waals surface area contributed by atoms with Gasteiger partial charge in [-0.05, 0) is 12.8 Å². The molecule has 0 amide bonds. The fraction of sp³-hybridized carbons (Fsp3) is 0.643. The van der Waals surface area contributed by atoms with Crippen LogP contribution in [0.3, 0.4) is 0 Å². The first-order valence-corrected chi connectivity index (χ1v) is 6.75. The molecule has 1 fully saturated rings. The molecule has 0 N–H and O–H groups in total. The second-order valence-electron chi connectivity index (χ2n) is 4.82. The van der Waals surface area contributed by atoms with E-state index >= 15 is 0 Å². The molecule has 0 spiro atoms. The molecule has 5 nitrogen and oxygen atoms in total. The summed E-state index contributed by atoms with van der Waals surface area (Å²) < 4.78 is 10.1. The highest BCUT2D eigenvalue weighted by molar-refractivity contribution is 5.98. The van der Waals surface area contributed by atoms with Crippen LogP contribution in [0.4, 0.5) is 0 Å². The van der Waals surface area contributed by atoms with Crippen molar-refractivity contribution in [2.45, 2.75) is 38.5 Å². The number of carbonyl (C=O) groups is 1. The van der Waals surface area contributed by atoms with Crippen molar-refractivity contribution >= 4 is 5.78 Å². The van der Waals surface area contributed by atoms with Gasteiger partial charge >= 0.3 is 0 Å². The lowest BCUT2D eigenvalue weighted by Crippen LogP contribution is -2.17. The minimum absolute atomic E-state index is 0.0499. The summed E-state index contributed by atoms with van der Waals surface area (Å²) in [5.41, 5.74) is 0.329. The van der Waals surface area contributed by atoms with Crippen LogP contribution in [0.15, 0.2) is 6.20 Å². The van der Waals surface area contributed by atoms with Gasteiger partial charge in [0.15, 0.2) is 11.5 Å². The van der Waals surface area contributed by atoms with Gasteiger partial charge in [-0.15, -0.1) is 0 Å². The van der Waals surface area contributed by atoms with Gasteiger partial charge in [-0.3, -0.25) is 4.79 Å². The van der Waals surface area contributed by atoms with Crippen LogP contribution in [-0.2, 0) is 0 Å². The van der Waals surface area contributed by atoms with E-state index in [9.17, 15) is 4.79 Å². The van der Waals surface area contributed by atoms with Gasteiger partial charge < -0.3 is 9.47 Å². The summed E-state index contributed by atoms with van der Waals surface area (Å²) in [6.45, 7) is 0. The first-order valence-electron chi connectivity index (χ1n) is 6.75. The SMILES string of the molecule is COc1cnc(C(=O)C2CCCCCC2)c(OC)n1. The Hall–Kier alpha value is -1.65. The second kappa shape index (κ2) is 6.50. The minimum atomic E-state index is 0.0499. The maximum atomic E-state index is 12.5. The van der Waals surface area contributed by atoms with Crippen molar-refractivity contribution in [2.24, 2.45) is 5.92 Å². The number of hydrogen-bond acceptors (Lipinski definition) is 5. The van der Waals surface area contributed by atoms with Crippen molar-refractivity contribution in [1.29, 1.82) is 0 Å². The van der Waals surface area contributed by atoms with Crippen molar-refractivity contribution in [3.63, 3.8) is 0 Å². The molecule has 0 aliphatic heterocycles. The molecule has 1 aliphatic rings. The van der Waals surface area contributed by atoms with Gasteiger partial charge in [0.2, 0.25) is 11.8 Å². The molecule has 0 radical (unpaired) electrons. The number of aromatic nitrogens is 2. The fourth-order valence-electron chi connectivity index (χ4n) is 2.50. The summed E-state index contributed by atoms with van der Waals surface area (Å²) in [5.74, 6) is 0.718. The van der Waals surface area contributed by atoms with Gasteiger partial charge in [-0.2, -0.15) is 4.98 Å². The molecule has 1 aromatic heterocycles. The van der Waals surface area contributed by atoms with E-state index in [1.807, 2.05) is 0 Å². The number of ether oxygens (including phenoxy) is 2. The lowest BCUT2D eigenvalue weighted by atomic mass is 9.93. The number of carbonyl (C=O) groups excluding carboxylic acids is 1.